The summed E-state index contributed by atoms with van der Waals surface area (Å²) >= 11 is 3.46. The summed E-state index contributed by atoms with van der Waals surface area (Å²) in [5.41, 5.74) is 9.14. The molecule has 1 aromatic heterocycles. The van der Waals surface area contributed by atoms with Gasteiger partial charge in [-0.25, -0.2) is 4.68 Å². The van der Waals surface area contributed by atoms with Gasteiger partial charge in [0, 0.05) is 10.5 Å². The van der Waals surface area contributed by atoms with Crippen LogP contribution in [-0.2, 0) is 6.54 Å². The molecule has 1 aliphatic carbocycles. The number of azide groups is 1. The summed E-state index contributed by atoms with van der Waals surface area (Å²) in [6, 6.07) is 0.476. The van der Waals surface area contributed by atoms with E-state index in [2.05, 4.69) is 37.5 Å². The van der Waals surface area contributed by atoms with Crippen LogP contribution in [-0.4, -0.2) is 9.78 Å². The lowest BCUT2D eigenvalue weighted by Gasteiger charge is -2.18. The number of hydrogen-bond donors (Lipinski definition) is 0. The zero-order valence-electron chi connectivity index (χ0n) is 7.47. The summed E-state index contributed by atoms with van der Waals surface area (Å²) in [6.07, 6.45) is 6.12. The van der Waals surface area contributed by atoms with Gasteiger partial charge >= 0.3 is 0 Å². The fourth-order valence-corrected chi connectivity index (χ4v) is 1.98. The van der Waals surface area contributed by atoms with Crippen molar-refractivity contribution in [2.75, 3.05) is 0 Å². The summed E-state index contributed by atoms with van der Waals surface area (Å²) in [5, 5.41) is 7.77. The maximum absolute atomic E-state index is 8.20. The standard InChI is InChI=1S/C8H9BrN5/c9-8-6(4-11-13-10)5-12-14(8)7-2-1-3-7/h1,5,7H,2-4H2/q+1. The Bertz CT molecular complexity index is 375. The van der Waals surface area contributed by atoms with Gasteiger partial charge in [0.15, 0.2) is 0 Å². The highest BCUT2D eigenvalue weighted by atomic mass is 79.9. The number of aromatic nitrogens is 2. The Labute approximate surface area is 89.9 Å². The van der Waals surface area contributed by atoms with E-state index in [9.17, 15) is 0 Å². The molecule has 0 saturated heterocycles. The van der Waals surface area contributed by atoms with Gasteiger partial charge in [-0.3, -0.25) is 0 Å². The minimum absolute atomic E-state index is 0.355. The number of nitrogens with zero attached hydrogens (tertiary/aromatic N) is 5. The Morgan fingerprint density at radius 2 is 2.57 bits per heavy atom. The van der Waals surface area contributed by atoms with E-state index in [0.29, 0.717) is 12.6 Å². The van der Waals surface area contributed by atoms with E-state index in [-0.39, 0.29) is 0 Å². The zero-order chi connectivity index (χ0) is 9.97. The van der Waals surface area contributed by atoms with Gasteiger partial charge in [0.1, 0.15) is 23.5 Å². The highest BCUT2D eigenvalue weighted by Gasteiger charge is 2.31. The smallest absolute Gasteiger partial charge is 0.133 e. The number of halogens is 1. The van der Waals surface area contributed by atoms with Crippen molar-refractivity contribution in [3.8, 4) is 0 Å². The van der Waals surface area contributed by atoms with Crippen LogP contribution in [0.1, 0.15) is 24.4 Å². The SMILES string of the molecule is [N-]=[N+]=NCc1cnn(C2C[CH+]C2)c1Br. The van der Waals surface area contributed by atoms with Gasteiger partial charge in [-0.15, -0.1) is 0 Å². The molecule has 14 heavy (non-hydrogen) atoms. The predicted molar refractivity (Wildman–Crippen MR) is 55.3 cm³/mol. The molecule has 0 radical (unpaired) electrons. The summed E-state index contributed by atoms with van der Waals surface area (Å²) in [6.45, 7) is 0.355. The monoisotopic (exact) mass is 254 g/mol. The molecular weight excluding hydrogens is 246 g/mol. The predicted octanol–water partition coefficient (Wildman–Crippen LogP) is 3.00. The molecule has 0 N–H and O–H groups in total. The third kappa shape index (κ3) is 1.58. The molecule has 1 aromatic rings. The van der Waals surface area contributed by atoms with Crippen molar-refractivity contribution in [2.45, 2.75) is 25.4 Å². The molecule has 0 aliphatic heterocycles. The molecule has 1 saturated carbocycles. The molecule has 2 rings (SSSR count). The average Bonchev–Trinajstić information content (AvgIpc) is 2.43. The van der Waals surface area contributed by atoms with Crippen LogP contribution in [0.5, 0.6) is 0 Å². The van der Waals surface area contributed by atoms with E-state index in [1.807, 2.05) is 4.68 Å². The summed E-state index contributed by atoms with van der Waals surface area (Å²) in [5.74, 6) is 0. The van der Waals surface area contributed by atoms with E-state index in [1.54, 1.807) is 6.20 Å². The summed E-state index contributed by atoms with van der Waals surface area (Å²) in [7, 11) is 0. The fourth-order valence-electron chi connectivity index (χ4n) is 1.37. The van der Waals surface area contributed by atoms with E-state index in [0.717, 1.165) is 23.0 Å². The fraction of sp³-hybridized carbons (Fsp3) is 0.500. The zero-order valence-corrected chi connectivity index (χ0v) is 9.05. The van der Waals surface area contributed by atoms with Crippen LogP contribution in [0.3, 0.4) is 0 Å². The number of hydrogen-bond acceptors (Lipinski definition) is 2. The van der Waals surface area contributed by atoms with Crippen LogP contribution in [0.4, 0.5) is 0 Å². The van der Waals surface area contributed by atoms with Gasteiger partial charge in [0.25, 0.3) is 0 Å². The maximum atomic E-state index is 8.20. The second-order valence-corrected chi connectivity index (χ2v) is 3.96. The lowest BCUT2D eigenvalue weighted by atomic mass is 9.93. The minimum atomic E-state index is 0.355. The molecule has 0 bridgehead atoms. The lowest BCUT2D eigenvalue weighted by Crippen LogP contribution is -2.18. The van der Waals surface area contributed by atoms with Crippen LogP contribution in [0.2, 0.25) is 0 Å². The first kappa shape index (κ1) is 9.43. The van der Waals surface area contributed by atoms with Crippen LogP contribution in [0.25, 0.3) is 10.4 Å². The topological polar surface area (TPSA) is 66.6 Å². The van der Waals surface area contributed by atoms with Crippen molar-refractivity contribution >= 4 is 15.9 Å². The molecule has 1 aliphatic rings. The van der Waals surface area contributed by atoms with E-state index < -0.39 is 0 Å². The second-order valence-electron chi connectivity index (χ2n) is 3.21. The Balaban J connectivity index is 2.18. The third-order valence-electron chi connectivity index (χ3n) is 2.33. The van der Waals surface area contributed by atoms with E-state index >= 15 is 0 Å². The molecule has 0 atom stereocenters. The molecule has 1 heterocycles. The lowest BCUT2D eigenvalue weighted by molar-refractivity contribution is 0.358. The van der Waals surface area contributed by atoms with Gasteiger partial charge < -0.3 is 0 Å². The highest BCUT2D eigenvalue weighted by molar-refractivity contribution is 9.10. The third-order valence-corrected chi connectivity index (χ3v) is 3.20. The van der Waals surface area contributed by atoms with Gasteiger partial charge in [0.05, 0.1) is 19.2 Å². The largest absolute Gasteiger partial charge is 0.246 e. The molecule has 0 amide bonds. The highest BCUT2D eigenvalue weighted by Crippen LogP contribution is 2.33. The molecular formula is C8H9BrN5+. The van der Waals surface area contributed by atoms with Gasteiger partial charge in [-0.1, -0.05) is 5.11 Å². The first-order valence-corrected chi connectivity index (χ1v) is 5.16. The van der Waals surface area contributed by atoms with Crippen LogP contribution in [0.15, 0.2) is 15.9 Å². The van der Waals surface area contributed by atoms with Crippen LogP contribution < -0.4 is 0 Å². The summed E-state index contributed by atoms with van der Waals surface area (Å²) in [4.78, 5) is 2.72. The first-order chi connectivity index (χ1) is 6.83. The van der Waals surface area contributed by atoms with Crippen molar-refractivity contribution in [3.63, 3.8) is 0 Å². The van der Waals surface area contributed by atoms with Crippen molar-refractivity contribution in [3.05, 3.63) is 33.2 Å². The van der Waals surface area contributed by atoms with Crippen molar-refractivity contribution in [2.24, 2.45) is 5.11 Å². The normalized spacial score (nSPS) is 15.5. The molecule has 6 heteroatoms. The van der Waals surface area contributed by atoms with Crippen molar-refractivity contribution in [1.29, 1.82) is 0 Å². The van der Waals surface area contributed by atoms with Gasteiger partial charge in [0.2, 0.25) is 0 Å². The maximum Gasteiger partial charge on any atom is 0.133 e. The Hall–Kier alpha value is -1.13. The Kier molecular flexibility index (Phi) is 2.65. The quantitative estimate of drug-likeness (QED) is 0.354. The average molecular weight is 255 g/mol. The second kappa shape index (κ2) is 3.94. The van der Waals surface area contributed by atoms with Crippen molar-refractivity contribution < 1.29 is 0 Å². The molecule has 0 unspecified atom stereocenters. The summed E-state index contributed by atoms with van der Waals surface area (Å²) < 4.78 is 2.88. The van der Waals surface area contributed by atoms with Crippen LogP contribution in [0, 0.1) is 6.42 Å². The number of rotatable bonds is 3. The van der Waals surface area contributed by atoms with Gasteiger partial charge in [-0.05, 0) is 21.5 Å². The van der Waals surface area contributed by atoms with Crippen LogP contribution >= 0.6 is 15.9 Å². The molecule has 72 valence electrons. The Morgan fingerprint density at radius 3 is 3.14 bits per heavy atom. The van der Waals surface area contributed by atoms with Crippen molar-refractivity contribution in [1.82, 2.24) is 9.78 Å². The van der Waals surface area contributed by atoms with E-state index in [4.69, 9.17) is 5.53 Å². The minimum Gasteiger partial charge on any atom is -0.246 e. The molecule has 0 aromatic carbocycles. The van der Waals surface area contributed by atoms with Gasteiger partial charge in [-0.2, -0.15) is 5.10 Å². The Morgan fingerprint density at radius 1 is 1.79 bits per heavy atom. The molecule has 1 fully saturated rings. The molecule has 0 spiro atoms. The van der Waals surface area contributed by atoms with E-state index in [1.165, 1.54) is 0 Å². The first-order valence-electron chi connectivity index (χ1n) is 4.37. The molecule has 5 nitrogen and oxygen atoms in total.